The molecule has 0 fully saturated rings. The van der Waals surface area contributed by atoms with E-state index in [1.54, 1.807) is 11.8 Å². The molecule has 0 amide bonds. The zero-order valence-electron chi connectivity index (χ0n) is 8.59. The number of nitrogens with zero attached hydrogens (tertiary/aromatic N) is 1. The topological polar surface area (TPSA) is 38.9 Å². The van der Waals surface area contributed by atoms with E-state index in [0.29, 0.717) is 0 Å². The summed E-state index contributed by atoms with van der Waals surface area (Å²) in [6.07, 6.45) is 1.82. The van der Waals surface area contributed by atoms with Gasteiger partial charge in [0.2, 0.25) is 0 Å². The van der Waals surface area contributed by atoms with E-state index in [1.807, 2.05) is 19.2 Å². The van der Waals surface area contributed by atoms with E-state index in [1.165, 1.54) is 0 Å². The lowest BCUT2D eigenvalue weighted by atomic mass is 10.3. The van der Waals surface area contributed by atoms with Crippen molar-refractivity contribution in [1.82, 2.24) is 4.98 Å². The highest BCUT2D eigenvalue weighted by Crippen LogP contribution is 2.31. The fourth-order valence-electron chi connectivity index (χ4n) is 0.889. The number of aromatic nitrogens is 1. The van der Waals surface area contributed by atoms with Gasteiger partial charge in [0.05, 0.1) is 5.03 Å². The summed E-state index contributed by atoms with van der Waals surface area (Å²) in [7, 11) is 0. The molecule has 1 aromatic rings. The Hall–Kier alpha value is -0.700. The minimum atomic E-state index is 0.189. The molecule has 2 nitrogen and oxygen atoms in total. The first-order valence-electron chi connectivity index (χ1n) is 4.29. The van der Waals surface area contributed by atoms with Crippen LogP contribution in [-0.4, -0.2) is 9.73 Å². The highest BCUT2D eigenvalue weighted by Gasteiger charge is 2.13. The van der Waals surface area contributed by atoms with Gasteiger partial charge in [0.25, 0.3) is 0 Å². The molecule has 0 saturated carbocycles. The van der Waals surface area contributed by atoms with Crippen LogP contribution in [0, 0.1) is 6.92 Å². The third-order valence-corrected chi connectivity index (χ3v) is 2.58. The molecular formula is C10H16N2S. The van der Waals surface area contributed by atoms with E-state index in [9.17, 15) is 0 Å². The lowest BCUT2D eigenvalue weighted by Crippen LogP contribution is -2.07. The van der Waals surface area contributed by atoms with Gasteiger partial charge in [-0.3, -0.25) is 0 Å². The van der Waals surface area contributed by atoms with Crippen LogP contribution in [0.4, 0.5) is 5.69 Å². The van der Waals surface area contributed by atoms with Gasteiger partial charge >= 0.3 is 0 Å². The smallest absolute Gasteiger partial charge is 0.0985 e. The van der Waals surface area contributed by atoms with Crippen LogP contribution in [0.3, 0.4) is 0 Å². The monoisotopic (exact) mass is 196 g/mol. The van der Waals surface area contributed by atoms with E-state index in [2.05, 4.69) is 25.8 Å². The molecular weight excluding hydrogens is 180 g/mol. The van der Waals surface area contributed by atoms with Crippen molar-refractivity contribution >= 4 is 17.4 Å². The first-order chi connectivity index (χ1) is 5.88. The summed E-state index contributed by atoms with van der Waals surface area (Å²) in [6, 6.07) is 1.94. The number of nitrogen functional groups attached to an aromatic ring is 1. The first kappa shape index (κ1) is 10.4. The molecule has 0 bridgehead atoms. The van der Waals surface area contributed by atoms with E-state index in [-0.39, 0.29) is 4.75 Å². The third-order valence-electron chi connectivity index (χ3n) is 1.53. The summed E-state index contributed by atoms with van der Waals surface area (Å²) >= 11 is 1.73. The van der Waals surface area contributed by atoms with Crippen LogP contribution in [0.15, 0.2) is 17.3 Å². The molecule has 1 rings (SSSR count). The average Bonchev–Trinajstić information content (AvgIpc) is 1.94. The second-order valence-corrected chi connectivity index (χ2v) is 5.94. The van der Waals surface area contributed by atoms with Crippen LogP contribution < -0.4 is 5.73 Å². The predicted octanol–water partition coefficient (Wildman–Crippen LogP) is 2.86. The predicted molar refractivity (Wildman–Crippen MR) is 59.0 cm³/mol. The SMILES string of the molecule is Cc1cnc(SC(C)(C)C)cc1N. The summed E-state index contributed by atoms with van der Waals surface area (Å²) < 4.78 is 0.189. The second-order valence-electron chi connectivity index (χ2n) is 4.09. The van der Waals surface area contributed by atoms with Gasteiger partial charge in [0, 0.05) is 16.6 Å². The maximum Gasteiger partial charge on any atom is 0.0985 e. The summed E-state index contributed by atoms with van der Waals surface area (Å²) in [5.74, 6) is 0. The van der Waals surface area contributed by atoms with Gasteiger partial charge in [-0.25, -0.2) is 4.98 Å². The largest absolute Gasteiger partial charge is 0.398 e. The van der Waals surface area contributed by atoms with Crippen LogP contribution in [0.25, 0.3) is 0 Å². The Morgan fingerprint density at radius 3 is 2.46 bits per heavy atom. The quantitative estimate of drug-likeness (QED) is 0.702. The van der Waals surface area contributed by atoms with Crippen molar-refractivity contribution in [3.63, 3.8) is 0 Å². The average molecular weight is 196 g/mol. The van der Waals surface area contributed by atoms with Gasteiger partial charge in [-0.15, -0.1) is 11.8 Å². The molecule has 1 aromatic heterocycles. The molecule has 0 aliphatic rings. The van der Waals surface area contributed by atoms with Crippen LogP contribution in [0.1, 0.15) is 26.3 Å². The summed E-state index contributed by atoms with van der Waals surface area (Å²) in [5, 5.41) is 0.996. The maximum absolute atomic E-state index is 5.79. The molecule has 0 aliphatic heterocycles. The number of rotatable bonds is 1. The fraction of sp³-hybridized carbons (Fsp3) is 0.500. The van der Waals surface area contributed by atoms with Gasteiger partial charge in [0.15, 0.2) is 0 Å². The van der Waals surface area contributed by atoms with Crippen LogP contribution >= 0.6 is 11.8 Å². The van der Waals surface area contributed by atoms with Gasteiger partial charge in [0.1, 0.15) is 0 Å². The van der Waals surface area contributed by atoms with Gasteiger partial charge in [-0.05, 0) is 18.6 Å². The normalized spacial score (nSPS) is 11.7. The molecule has 13 heavy (non-hydrogen) atoms. The molecule has 1 heterocycles. The Morgan fingerprint density at radius 2 is 2.00 bits per heavy atom. The summed E-state index contributed by atoms with van der Waals surface area (Å²) in [5.41, 5.74) is 7.65. The van der Waals surface area contributed by atoms with Crippen molar-refractivity contribution in [2.75, 3.05) is 5.73 Å². The molecule has 0 radical (unpaired) electrons. The Balaban J connectivity index is 2.86. The first-order valence-corrected chi connectivity index (χ1v) is 5.11. The molecule has 0 atom stereocenters. The minimum absolute atomic E-state index is 0.189. The minimum Gasteiger partial charge on any atom is -0.398 e. The number of thioether (sulfide) groups is 1. The molecule has 0 spiro atoms. The molecule has 72 valence electrons. The maximum atomic E-state index is 5.79. The Bertz CT molecular complexity index is 302. The molecule has 0 aliphatic carbocycles. The van der Waals surface area contributed by atoms with Crippen molar-refractivity contribution in [2.24, 2.45) is 0 Å². The number of anilines is 1. The van der Waals surface area contributed by atoms with Crippen molar-refractivity contribution in [2.45, 2.75) is 37.5 Å². The van der Waals surface area contributed by atoms with Crippen molar-refractivity contribution in [1.29, 1.82) is 0 Å². The number of hydrogen-bond acceptors (Lipinski definition) is 3. The lowest BCUT2D eigenvalue weighted by molar-refractivity contribution is 0.799. The van der Waals surface area contributed by atoms with Crippen LogP contribution in [0.2, 0.25) is 0 Å². The van der Waals surface area contributed by atoms with E-state index in [4.69, 9.17) is 5.73 Å². The van der Waals surface area contributed by atoms with Gasteiger partial charge < -0.3 is 5.73 Å². The molecule has 0 saturated heterocycles. The Kier molecular flexibility index (Phi) is 2.86. The summed E-state index contributed by atoms with van der Waals surface area (Å²) in [6.45, 7) is 8.45. The Morgan fingerprint density at radius 1 is 1.38 bits per heavy atom. The van der Waals surface area contributed by atoms with Crippen LogP contribution in [-0.2, 0) is 0 Å². The molecule has 2 N–H and O–H groups in total. The standard InChI is InChI=1S/C10H16N2S/c1-7-6-12-9(5-8(7)11)13-10(2,3)4/h5-6H,1-4H3,(H2,11,12). The van der Waals surface area contributed by atoms with E-state index in [0.717, 1.165) is 16.3 Å². The van der Waals surface area contributed by atoms with Gasteiger partial charge in [-0.1, -0.05) is 20.8 Å². The highest BCUT2D eigenvalue weighted by molar-refractivity contribution is 8.00. The highest BCUT2D eigenvalue weighted by atomic mass is 32.2. The molecule has 0 unspecified atom stereocenters. The molecule has 3 heteroatoms. The number of pyridine rings is 1. The zero-order valence-corrected chi connectivity index (χ0v) is 9.40. The second kappa shape index (κ2) is 3.58. The number of nitrogens with two attached hydrogens (primary N) is 1. The summed E-state index contributed by atoms with van der Waals surface area (Å²) in [4.78, 5) is 4.31. The fourth-order valence-corrected chi connectivity index (χ4v) is 1.81. The van der Waals surface area contributed by atoms with Crippen LogP contribution in [0.5, 0.6) is 0 Å². The number of hydrogen-bond donors (Lipinski definition) is 1. The van der Waals surface area contributed by atoms with Crippen molar-refractivity contribution in [3.05, 3.63) is 17.8 Å². The lowest BCUT2D eigenvalue weighted by Gasteiger charge is -2.16. The zero-order chi connectivity index (χ0) is 10.1. The van der Waals surface area contributed by atoms with E-state index < -0.39 is 0 Å². The van der Waals surface area contributed by atoms with Crippen molar-refractivity contribution < 1.29 is 0 Å². The Labute approximate surface area is 83.9 Å². The van der Waals surface area contributed by atoms with Crippen molar-refractivity contribution in [3.8, 4) is 0 Å². The van der Waals surface area contributed by atoms with Gasteiger partial charge in [-0.2, -0.15) is 0 Å². The van der Waals surface area contributed by atoms with E-state index >= 15 is 0 Å². The third kappa shape index (κ3) is 3.27. The number of aryl methyl sites for hydroxylation is 1. The molecule has 0 aromatic carbocycles.